The molecule has 0 heterocycles. The van der Waals surface area contributed by atoms with Gasteiger partial charge in [-0.15, -0.1) is 0 Å². The fourth-order valence-electron chi connectivity index (χ4n) is 1.51. The summed E-state index contributed by atoms with van der Waals surface area (Å²) in [6, 6.07) is 0. The van der Waals surface area contributed by atoms with Gasteiger partial charge in [0.25, 0.3) is 0 Å². The quantitative estimate of drug-likeness (QED) is 0.540. The van der Waals surface area contributed by atoms with Crippen LogP contribution in [0.4, 0.5) is 0 Å². The van der Waals surface area contributed by atoms with E-state index in [1.165, 1.54) is 0 Å². The predicted octanol–water partition coefficient (Wildman–Crippen LogP) is 1.19. The Labute approximate surface area is 60.6 Å². The van der Waals surface area contributed by atoms with Crippen molar-refractivity contribution in [2.75, 3.05) is 0 Å². The molecule has 0 spiro atoms. The van der Waals surface area contributed by atoms with Crippen molar-refractivity contribution < 1.29 is 9.59 Å². The number of aldehydes is 2. The maximum Gasteiger partial charge on any atom is 0.123 e. The third-order valence-corrected chi connectivity index (χ3v) is 2.14. The molecule has 0 aromatic heterocycles. The Hall–Kier alpha value is -0.660. The third-order valence-electron chi connectivity index (χ3n) is 2.14. The largest absolute Gasteiger partial charge is 0.303 e. The van der Waals surface area contributed by atoms with Gasteiger partial charge in [-0.05, 0) is 19.3 Å². The first-order valence-corrected chi connectivity index (χ1v) is 3.77. The van der Waals surface area contributed by atoms with Crippen molar-refractivity contribution in [1.82, 2.24) is 0 Å². The predicted molar refractivity (Wildman–Crippen MR) is 37.6 cm³/mol. The lowest BCUT2D eigenvalue weighted by molar-refractivity contribution is -0.115. The summed E-state index contributed by atoms with van der Waals surface area (Å²) in [6.45, 7) is 0. The van der Waals surface area contributed by atoms with E-state index in [0.29, 0.717) is 0 Å². The summed E-state index contributed by atoms with van der Waals surface area (Å²) in [5, 5.41) is 0. The molecule has 2 atom stereocenters. The smallest absolute Gasteiger partial charge is 0.123 e. The minimum absolute atomic E-state index is 0.156. The monoisotopic (exact) mass is 140 g/mol. The second kappa shape index (κ2) is 3.49. The Morgan fingerprint density at radius 1 is 1.00 bits per heavy atom. The van der Waals surface area contributed by atoms with E-state index in [-0.39, 0.29) is 11.8 Å². The molecule has 0 amide bonds. The average molecular weight is 140 g/mol. The number of hydrogen-bond donors (Lipinski definition) is 0. The number of rotatable bonds is 2. The molecular formula is C8H12O2. The highest BCUT2D eigenvalue weighted by molar-refractivity contribution is 5.58. The Morgan fingerprint density at radius 3 is 1.90 bits per heavy atom. The van der Waals surface area contributed by atoms with Gasteiger partial charge >= 0.3 is 0 Å². The van der Waals surface area contributed by atoms with Gasteiger partial charge in [0.05, 0.1) is 0 Å². The van der Waals surface area contributed by atoms with E-state index in [2.05, 4.69) is 0 Å². The van der Waals surface area contributed by atoms with Crippen molar-refractivity contribution >= 4 is 12.6 Å². The molecule has 2 heteroatoms. The normalized spacial score (nSPS) is 33.2. The molecule has 1 rings (SSSR count). The maximum atomic E-state index is 10.3. The minimum Gasteiger partial charge on any atom is -0.303 e. The first-order chi connectivity index (χ1) is 4.86. The van der Waals surface area contributed by atoms with Gasteiger partial charge in [-0.1, -0.05) is 6.42 Å². The number of carbonyl (C=O) groups is 2. The fourth-order valence-corrected chi connectivity index (χ4v) is 1.51. The van der Waals surface area contributed by atoms with Crippen LogP contribution in [0.2, 0.25) is 0 Å². The van der Waals surface area contributed by atoms with Crippen LogP contribution in [0.5, 0.6) is 0 Å². The van der Waals surface area contributed by atoms with Crippen LogP contribution >= 0.6 is 0 Å². The third kappa shape index (κ3) is 1.66. The van der Waals surface area contributed by atoms with E-state index in [1.54, 1.807) is 0 Å². The van der Waals surface area contributed by atoms with Crippen molar-refractivity contribution in [3.8, 4) is 0 Å². The summed E-state index contributed by atoms with van der Waals surface area (Å²) >= 11 is 0. The summed E-state index contributed by atoms with van der Waals surface area (Å²) in [5.74, 6) is 0.313. The van der Waals surface area contributed by atoms with E-state index in [1.807, 2.05) is 0 Å². The van der Waals surface area contributed by atoms with Gasteiger partial charge in [-0.25, -0.2) is 0 Å². The van der Waals surface area contributed by atoms with Gasteiger partial charge < -0.3 is 9.59 Å². The molecule has 1 aliphatic rings. The molecule has 56 valence electrons. The summed E-state index contributed by atoms with van der Waals surface area (Å²) < 4.78 is 0. The molecule has 0 radical (unpaired) electrons. The zero-order chi connectivity index (χ0) is 7.40. The van der Waals surface area contributed by atoms with Crippen LogP contribution < -0.4 is 0 Å². The lowest BCUT2D eigenvalue weighted by Gasteiger charge is -2.20. The summed E-state index contributed by atoms with van der Waals surface area (Å²) in [5.41, 5.74) is 0. The zero-order valence-electron chi connectivity index (χ0n) is 5.95. The van der Waals surface area contributed by atoms with Crippen LogP contribution in [-0.2, 0) is 9.59 Å². The minimum atomic E-state index is 0.156. The molecule has 0 unspecified atom stereocenters. The van der Waals surface area contributed by atoms with Crippen LogP contribution in [0, 0.1) is 11.8 Å². The Bertz CT molecular complexity index is 117. The first kappa shape index (κ1) is 7.45. The van der Waals surface area contributed by atoms with Crippen molar-refractivity contribution in [2.45, 2.75) is 25.7 Å². The zero-order valence-corrected chi connectivity index (χ0v) is 5.95. The number of carbonyl (C=O) groups excluding carboxylic acids is 2. The van der Waals surface area contributed by atoms with E-state index < -0.39 is 0 Å². The topological polar surface area (TPSA) is 34.1 Å². The highest BCUT2D eigenvalue weighted by Crippen LogP contribution is 2.25. The van der Waals surface area contributed by atoms with Crippen molar-refractivity contribution in [3.05, 3.63) is 0 Å². The maximum absolute atomic E-state index is 10.3. The molecule has 1 fully saturated rings. The molecule has 0 aliphatic heterocycles. The van der Waals surface area contributed by atoms with Gasteiger partial charge in [0.1, 0.15) is 12.6 Å². The molecular weight excluding hydrogens is 128 g/mol. The Balaban J connectivity index is 2.38. The highest BCUT2D eigenvalue weighted by atomic mass is 16.1. The molecule has 0 aromatic carbocycles. The molecule has 0 bridgehead atoms. The average Bonchev–Trinajstić information content (AvgIpc) is 2.05. The van der Waals surface area contributed by atoms with E-state index in [4.69, 9.17) is 0 Å². The molecule has 0 aromatic rings. The second-order valence-corrected chi connectivity index (χ2v) is 2.96. The first-order valence-electron chi connectivity index (χ1n) is 3.77. The second-order valence-electron chi connectivity index (χ2n) is 2.96. The molecule has 1 aliphatic carbocycles. The molecule has 2 nitrogen and oxygen atoms in total. The van der Waals surface area contributed by atoms with Crippen LogP contribution in [0.3, 0.4) is 0 Å². The van der Waals surface area contributed by atoms with Crippen LogP contribution in [-0.4, -0.2) is 12.6 Å². The van der Waals surface area contributed by atoms with Gasteiger partial charge in [0.2, 0.25) is 0 Å². The standard InChI is InChI=1S/C8H12O2/c9-5-7-2-1-3-8(4-7)6-10/h5-8H,1-4H2/t7-,8-/m1/s1. The summed E-state index contributed by atoms with van der Waals surface area (Å²) in [4.78, 5) is 20.6. The van der Waals surface area contributed by atoms with E-state index >= 15 is 0 Å². The van der Waals surface area contributed by atoms with Gasteiger partial charge in [0, 0.05) is 11.8 Å². The highest BCUT2D eigenvalue weighted by Gasteiger charge is 2.20. The van der Waals surface area contributed by atoms with Gasteiger partial charge in [-0.3, -0.25) is 0 Å². The van der Waals surface area contributed by atoms with E-state index in [9.17, 15) is 9.59 Å². The van der Waals surface area contributed by atoms with Gasteiger partial charge in [0.15, 0.2) is 0 Å². The van der Waals surface area contributed by atoms with Crippen molar-refractivity contribution in [2.24, 2.45) is 11.8 Å². The van der Waals surface area contributed by atoms with Gasteiger partial charge in [-0.2, -0.15) is 0 Å². The van der Waals surface area contributed by atoms with Crippen LogP contribution in [0.25, 0.3) is 0 Å². The van der Waals surface area contributed by atoms with E-state index in [0.717, 1.165) is 38.3 Å². The lowest BCUT2D eigenvalue weighted by Crippen LogP contribution is -2.17. The summed E-state index contributed by atoms with van der Waals surface area (Å²) in [7, 11) is 0. The van der Waals surface area contributed by atoms with Crippen LogP contribution in [0.15, 0.2) is 0 Å². The Morgan fingerprint density at radius 2 is 1.50 bits per heavy atom. The SMILES string of the molecule is O=C[C@@H]1CCC[C@@H](C=O)C1. The fraction of sp³-hybridized carbons (Fsp3) is 0.750. The summed E-state index contributed by atoms with van der Waals surface area (Å²) in [6.07, 6.45) is 5.74. The molecule has 0 N–H and O–H groups in total. The lowest BCUT2D eigenvalue weighted by atomic mass is 9.83. The molecule has 0 saturated heterocycles. The number of hydrogen-bond acceptors (Lipinski definition) is 2. The van der Waals surface area contributed by atoms with Crippen molar-refractivity contribution in [3.63, 3.8) is 0 Å². The van der Waals surface area contributed by atoms with Crippen molar-refractivity contribution in [1.29, 1.82) is 0 Å². The van der Waals surface area contributed by atoms with Crippen LogP contribution in [0.1, 0.15) is 25.7 Å². The molecule has 10 heavy (non-hydrogen) atoms. The Kier molecular flexibility index (Phi) is 2.60. The molecule has 1 saturated carbocycles.